The molecule has 2 rings (SSSR count). The first-order valence-electron chi connectivity index (χ1n) is 4.71. The summed E-state index contributed by atoms with van der Waals surface area (Å²) in [5, 5.41) is 15.1. The van der Waals surface area contributed by atoms with Crippen LogP contribution in [0, 0.1) is 23.2 Å². The summed E-state index contributed by atoms with van der Waals surface area (Å²) in [4.78, 5) is 0. The second-order valence-electron chi connectivity index (χ2n) is 3.06. The highest BCUT2D eigenvalue weighted by Gasteiger charge is 1.95. The standard InChI is InChI=1S/C13H9N.CHN/c14-10-11-6-8-13(9-7-11)12-4-2-1-3-5-12;1-2/h1-9H;1H. The fraction of sp³-hybridized carbons (Fsp3) is 0. The lowest BCUT2D eigenvalue weighted by Crippen LogP contribution is -1.77. The summed E-state index contributed by atoms with van der Waals surface area (Å²) >= 11 is 0. The van der Waals surface area contributed by atoms with Gasteiger partial charge in [0.15, 0.2) is 0 Å². The lowest BCUT2D eigenvalue weighted by molar-refractivity contribution is 1.48. The minimum Gasteiger partial charge on any atom is -0.202 e. The quantitative estimate of drug-likeness (QED) is 0.718. The molecule has 16 heavy (non-hydrogen) atoms. The number of nitrogens with zero attached hydrogens (tertiary/aromatic N) is 2. The van der Waals surface area contributed by atoms with E-state index in [0.29, 0.717) is 5.56 Å². The Balaban J connectivity index is 0.000000606. The molecule has 0 saturated carbocycles. The van der Waals surface area contributed by atoms with Crippen LogP contribution in [0.4, 0.5) is 0 Å². The number of benzene rings is 2. The molecule has 0 N–H and O–H groups in total. The first kappa shape index (κ1) is 11.5. The molecule has 0 spiro atoms. The maximum Gasteiger partial charge on any atom is 0.0991 e. The van der Waals surface area contributed by atoms with Crippen LogP contribution in [-0.4, -0.2) is 0 Å². The van der Waals surface area contributed by atoms with Crippen LogP contribution in [0.1, 0.15) is 5.56 Å². The fourth-order valence-electron chi connectivity index (χ4n) is 1.37. The zero-order chi connectivity index (χ0) is 11.8. The van der Waals surface area contributed by atoms with Gasteiger partial charge < -0.3 is 0 Å². The molecule has 0 fully saturated rings. The van der Waals surface area contributed by atoms with E-state index in [4.69, 9.17) is 10.5 Å². The Labute approximate surface area is 95.0 Å². The van der Waals surface area contributed by atoms with Gasteiger partial charge in [-0.05, 0) is 23.3 Å². The molecule has 0 aliphatic heterocycles. The molecular formula is C14H10N2. The highest BCUT2D eigenvalue weighted by atomic mass is 14.2. The molecule has 2 nitrogen and oxygen atoms in total. The van der Waals surface area contributed by atoms with Crippen LogP contribution < -0.4 is 0 Å². The average molecular weight is 206 g/mol. The second kappa shape index (κ2) is 6.01. The molecule has 0 unspecified atom stereocenters. The maximum absolute atomic E-state index is 8.65. The Hall–Kier alpha value is -2.58. The molecule has 2 heteroatoms. The van der Waals surface area contributed by atoms with E-state index in [9.17, 15) is 0 Å². The number of rotatable bonds is 1. The summed E-state index contributed by atoms with van der Waals surface area (Å²) in [5.41, 5.74) is 3.02. The lowest BCUT2D eigenvalue weighted by atomic mass is 10.0. The van der Waals surface area contributed by atoms with Gasteiger partial charge in [0.1, 0.15) is 0 Å². The Kier molecular flexibility index (Phi) is 4.32. The third-order valence-corrected chi connectivity index (χ3v) is 2.12. The number of nitriles is 2. The normalized spacial score (nSPS) is 8.31. The highest BCUT2D eigenvalue weighted by Crippen LogP contribution is 2.18. The van der Waals surface area contributed by atoms with Crippen molar-refractivity contribution >= 4 is 0 Å². The predicted octanol–water partition coefficient (Wildman–Crippen LogP) is 3.37. The molecule has 0 aliphatic rings. The van der Waals surface area contributed by atoms with Gasteiger partial charge in [0.2, 0.25) is 0 Å². The Morgan fingerprint density at radius 2 is 1.25 bits per heavy atom. The molecule has 0 bridgehead atoms. The lowest BCUT2D eigenvalue weighted by Gasteiger charge is -1.99. The number of hydrogen-bond acceptors (Lipinski definition) is 2. The van der Waals surface area contributed by atoms with Crippen molar-refractivity contribution in [1.82, 2.24) is 0 Å². The van der Waals surface area contributed by atoms with Crippen LogP contribution in [-0.2, 0) is 0 Å². The smallest absolute Gasteiger partial charge is 0.0991 e. The SMILES string of the molecule is C#N.N#Cc1ccc(-c2ccccc2)cc1. The molecule has 0 aromatic heterocycles. The van der Waals surface area contributed by atoms with Gasteiger partial charge in [0.05, 0.1) is 11.6 Å². The topological polar surface area (TPSA) is 47.6 Å². The third kappa shape index (κ3) is 2.70. The van der Waals surface area contributed by atoms with Gasteiger partial charge in [-0.2, -0.15) is 5.26 Å². The van der Waals surface area contributed by atoms with Crippen LogP contribution >= 0.6 is 0 Å². The van der Waals surface area contributed by atoms with E-state index >= 15 is 0 Å². The second-order valence-corrected chi connectivity index (χ2v) is 3.06. The Morgan fingerprint density at radius 1 is 0.750 bits per heavy atom. The number of hydrogen-bond donors (Lipinski definition) is 0. The van der Waals surface area contributed by atoms with E-state index < -0.39 is 0 Å². The van der Waals surface area contributed by atoms with Gasteiger partial charge in [-0.25, -0.2) is 5.26 Å². The van der Waals surface area contributed by atoms with Crippen LogP contribution in [0.5, 0.6) is 0 Å². The van der Waals surface area contributed by atoms with E-state index in [2.05, 4.69) is 24.8 Å². The summed E-state index contributed by atoms with van der Waals surface area (Å²) in [6.45, 7) is 3.50. The van der Waals surface area contributed by atoms with E-state index in [0.717, 1.165) is 5.56 Å². The highest BCUT2D eigenvalue weighted by molar-refractivity contribution is 5.63. The first-order valence-corrected chi connectivity index (χ1v) is 4.71. The average Bonchev–Trinajstić information content (AvgIpc) is 2.42. The summed E-state index contributed by atoms with van der Waals surface area (Å²) in [5.74, 6) is 0. The van der Waals surface area contributed by atoms with E-state index in [1.54, 1.807) is 0 Å². The molecule has 0 atom stereocenters. The minimum atomic E-state index is 0.699. The first-order chi connectivity index (χ1) is 7.90. The van der Waals surface area contributed by atoms with Crippen LogP contribution in [0.15, 0.2) is 54.6 Å². The van der Waals surface area contributed by atoms with Crippen molar-refractivity contribution in [1.29, 1.82) is 10.5 Å². The largest absolute Gasteiger partial charge is 0.202 e. The summed E-state index contributed by atoms with van der Waals surface area (Å²) in [7, 11) is 0. The van der Waals surface area contributed by atoms with Crippen molar-refractivity contribution in [2.45, 2.75) is 0 Å². The van der Waals surface area contributed by atoms with Crippen molar-refractivity contribution in [3.8, 4) is 23.8 Å². The van der Waals surface area contributed by atoms with Crippen molar-refractivity contribution in [2.75, 3.05) is 0 Å². The molecule has 2 aromatic carbocycles. The van der Waals surface area contributed by atoms with Crippen molar-refractivity contribution < 1.29 is 0 Å². The Bertz CT molecular complexity index is 490. The minimum absolute atomic E-state index is 0.699. The summed E-state index contributed by atoms with van der Waals surface area (Å²) in [6.07, 6.45) is 0. The van der Waals surface area contributed by atoms with E-state index in [-0.39, 0.29) is 0 Å². The molecule has 0 amide bonds. The zero-order valence-corrected chi connectivity index (χ0v) is 8.67. The summed E-state index contributed by atoms with van der Waals surface area (Å²) < 4.78 is 0. The van der Waals surface area contributed by atoms with Crippen LogP contribution in [0.2, 0.25) is 0 Å². The van der Waals surface area contributed by atoms with Crippen molar-refractivity contribution in [3.05, 3.63) is 60.2 Å². The van der Waals surface area contributed by atoms with Gasteiger partial charge in [-0.15, -0.1) is 0 Å². The molecule has 0 heterocycles. The zero-order valence-electron chi connectivity index (χ0n) is 8.67. The predicted molar refractivity (Wildman–Crippen MR) is 63.3 cm³/mol. The van der Waals surface area contributed by atoms with Crippen molar-refractivity contribution in [3.63, 3.8) is 0 Å². The molecule has 0 radical (unpaired) electrons. The molecule has 2 aromatic rings. The molecule has 0 saturated heterocycles. The van der Waals surface area contributed by atoms with Crippen LogP contribution in [0.25, 0.3) is 11.1 Å². The fourth-order valence-corrected chi connectivity index (χ4v) is 1.37. The summed E-state index contributed by atoms with van der Waals surface area (Å²) in [6, 6.07) is 19.8. The molecular weight excluding hydrogens is 196 g/mol. The van der Waals surface area contributed by atoms with Gasteiger partial charge in [-0.3, -0.25) is 0 Å². The van der Waals surface area contributed by atoms with Gasteiger partial charge in [0, 0.05) is 6.57 Å². The monoisotopic (exact) mass is 206 g/mol. The van der Waals surface area contributed by atoms with E-state index in [1.165, 1.54) is 5.56 Å². The van der Waals surface area contributed by atoms with Gasteiger partial charge in [-0.1, -0.05) is 42.5 Å². The van der Waals surface area contributed by atoms with E-state index in [1.807, 2.05) is 42.5 Å². The molecule has 0 aliphatic carbocycles. The maximum atomic E-state index is 8.65. The van der Waals surface area contributed by atoms with Crippen molar-refractivity contribution in [2.24, 2.45) is 0 Å². The third-order valence-electron chi connectivity index (χ3n) is 2.12. The van der Waals surface area contributed by atoms with Gasteiger partial charge >= 0.3 is 0 Å². The molecule has 76 valence electrons. The van der Waals surface area contributed by atoms with Crippen LogP contribution in [0.3, 0.4) is 0 Å². The Morgan fingerprint density at radius 3 is 1.75 bits per heavy atom. The van der Waals surface area contributed by atoms with Gasteiger partial charge in [0.25, 0.3) is 0 Å².